The average Bonchev–Trinajstić information content (AvgIpc) is 3.53. The molecule has 1 heterocycles. The van der Waals surface area contributed by atoms with Gasteiger partial charge >= 0.3 is 0 Å². The van der Waals surface area contributed by atoms with Crippen LogP contribution in [0.15, 0.2) is 42.5 Å². The van der Waals surface area contributed by atoms with Gasteiger partial charge in [-0.3, -0.25) is 4.79 Å². The van der Waals surface area contributed by atoms with Crippen molar-refractivity contribution in [2.75, 3.05) is 12.0 Å². The Morgan fingerprint density at radius 1 is 0.966 bits per heavy atom. The first kappa shape index (κ1) is 18.5. The molecule has 4 heteroatoms. The summed E-state index contributed by atoms with van der Waals surface area (Å²) < 4.78 is 11.9. The van der Waals surface area contributed by atoms with Crippen LogP contribution in [0, 0.1) is 5.92 Å². The highest BCUT2D eigenvalue weighted by atomic mass is 16.5. The van der Waals surface area contributed by atoms with E-state index < -0.39 is 0 Å². The number of fused-ring (bicyclic) bond motifs is 1. The summed E-state index contributed by atoms with van der Waals surface area (Å²) in [6, 6.07) is 14.1. The fourth-order valence-corrected chi connectivity index (χ4v) is 4.86. The Kier molecular flexibility index (Phi) is 4.94. The van der Waals surface area contributed by atoms with E-state index in [1.165, 1.54) is 32.1 Å². The molecule has 1 unspecified atom stereocenters. The largest absolute Gasteiger partial charge is 0.493 e. The van der Waals surface area contributed by atoms with Crippen molar-refractivity contribution in [3.63, 3.8) is 0 Å². The normalized spacial score (nSPS) is 21.9. The fourth-order valence-electron chi connectivity index (χ4n) is 4.86. The molecule has 4 nitrogen and oxygen atoms in total. The van der Waals surface area contributed by atoms with Gasteiger partial charge in [-0.25, -0.2) is 0 Å². The van der Waals surface area contributed by atoms with Gasteiger partial charge in [0.05, 0.1) is 19.3 Å². The molecule has 0 saturated heterocycles. The third-order valence-electron chi connectivity index (χ3n) is 6.61. The summed E-state index contributed by atoms with van der Waals surface area (Å²) in [4.78, 5) is 15.3. The molecule has 29 heavy (non-hydrogen) atoms. The topological polar surface area (TPSA) is 38.8 Å². The number of methoxy groups -OCH3 is 1. The van der Waals surface area contributed by atoms with Crippen LogP contribution in [0.3, 0.4) is 0 Å². The van der Waals surface area contributed by atoms with E-state index in [1.54, 1.807) is 7.11 Å². The van der Waals surface area contributed by atoms with Gasteiger partial charge in [-0.15, -0.1) is 0 Å². The van der Waals surface area contributed by atoms with Gasteiger partial charge in [-0.2, -0.15) is 0 Å². The molecule has 0 N–H and O–H groups in total. The van der Waals surface area contributed by atoms with Gasteiger partial charge in [0.2, 0.25) is 0 Å². The maximum Gasteiger partial charge on any atom is 0.259 e. The third kappa shape index (κ3) is 3.61. The maximum atomic E-state index is 13.3. The number of amides is 1. The van der Waals surface area contributed by atoms with Crippen LogP contribution in [0.2, 0.25) is 0 Å². The smallest absolute Gasteiger partial charge is 0.259 e. The van der Waals surface area contributed by atoms with Crippen molar-refractivity contribution in [1.82, 2.24) is 0 Å². The molecule has 0 bridgehead atoms. The first-order valence-corrected chi connectivity index (χ1v) is 11.0. The zero-order valence-electron chi connectivity index (χ0n) is 17.1. The second kappa shape index (κ2) is 7.74. The fraction of sp³-hybridized carbons (Fsp3) is 0.480. The molecule has 2 aromatic rings. The van der Waals surface area contributed by atoms with Crippen molar-refractivity contribution in [1.29, 1.82) is 0 Å². The molecule has 2 saturated carbocycles. The van der Waals surface area contributed by atoms with Gasteiger partial charge in [0.15, 0.2) is 11.5 Å². The Bertz CT molecular complexity index is 899. The third-order valence-corrected chi connectivity index (χ3v) is 6.61. The van der Waals surface area contributed by atoms with Crippen molar-refractivity contribution in [2.45, 2.75) is 63.5 Å². The van der Waals surface area contributed by atoms with Crippen LogP contribution in [-0.2, 0) is 0 Å². The quantitative estimate of drug-likeness (QED) is 0.614. The van der Waals surface area contributed by atoms with Gasteiger partial charge in [0, 0.05) is 17.3 Å². The van der Waals surface area contributed by atoms with Gasteiger partial charge in [-0.1, -0.05) is 37.5 Å². The lowest BCUT2D eigenvalue weighted by atomic mass is 9.98. The van der Waals surface area contributed by atoms with Crippen molar-refractivity contribution in [2.24, 2.45) is 5.92 Å². The van der Waals surface area contributed by atoms with E-state index in [1.807, 2.05) is 41.3 Å². The monoisotopic (exact) mass is 391 g/mol. The first-order chi connectivity index (χ1) is 14.2. The molecule has 152 valence electrons. The van der Waals surface area contributed by atoms with Gasteiger partial charge in [0.1, 0.15) is 0 Å². The van der Waals surface area contributed by atoms with Crippen LogP contribution >= 0.6 is 0 Å². The lowest BCUT2D eigenvalue weighted by Crippen LogP contribution is -2.28. The van der Waals surface area contributed by atoms with E-state index in [4.69, 9.17) is 9.47 Å². The molecular formula is C25H29NO3. The van der Waals surface area contributed by atoms with Crippen LogP contribution in [0.1, 0.15) is 73.3 Å². The lowest BCUT2D eigenvalue weighted by molar-refractivity contribution is 0.0990. The molecule has 1 amide bonds. The maximum absolute atomic E-state index is 13.3. The zero-order valence-corrected chi connectivity index (χ0v) is 17.1. The molecule has 0 radical (unpaired) electrons. The molecule has 0 aromatic heterocycles. The van der Waals surface area contributed by atoms with Crippen LogP contribution in [-0.4, -0.2) is 19.1 Å². The van der Waals surface area contributed by atoms with E-state index >= 15 is 0 Å². The zero-order chi connectivity index (χ0) is 19.8. The van der Waals surface area contributed by atoms with Crippen molar-refractivity contribution in [3.8, 4) is 11.5 Å². The Hall–Kier alpha value is -2.49. The highest BCUT2D eigenvalue weighted by molar-refractivity contribution is 6.11. The van der Waals surface area contributed by atoms with E-state index in [2.05, 4.69) is 6.07 Å². The average molecular weight is 392 g/mol. The summed E-state index contributed by atoms with van der Waals surface area (Å²) in [6.45, 7) is 0. The predicted molar refractivity (Wildman–Crippen MR) is 114 cm³/mol. The molecule has 1 aliphatic heterocycles. The van der Waals surface area contributed by atoms with Crippen molar-refractivity contribution < 1.29 is 14.3 Å². The van der Waals surface area contributed by atoms with Crippen LogP contribution < -0.4 is 14.4 Å². The van der Waals surface area contributed by atoms with E-state index in [0.29, 0.717) is 0 Å². The Labute approximate surface area is 172 Å². The number of ether oxygens (including phenoxy) is 2. The number of carbonyl (C=O) groups is 1. The molecule has 3 aliphatic rings. The van der Waals surface area contributed by atoms with Crippen LogP contribution in [0.25, 0.3) is 0 Å². The van der Waals surface area contributed by atoms with E-state index in [-0.39, 0.29) is 18.1 Å². The number of carbonyl (C=O) groups excluding carboxylic acids is 1. The summed E-state index contributed by atoms with van der Waals surface area (Å²) in [5.41, 5.74) is 2.90. The number of anilines is 1. The van der Waals surface area contributed by atoms with Crippen LogP contribution in [0.5, 0.6) is 11.5 Å². The number of rotatable bonds is 6. The molecule has 0 spiro atoms. The number of benzene rings is 2. The van der Waals surface area contributed by atoms with Crippen molar-refractivity contribution >= 4 is 11.6 Å². The molecular weight excluding hydrogens is 362 g/mol. The summed E-state index contributed by atoms with van der Waals surface area (Å²) in [5, 5.41) is 0. The Balaban J connectivity index is 1.48. The highest BCUT2D eigenvalue weighted by Gasteiger charge is 2.40. The van der Waals surface area contributed by atoms with E-state index in [9.17, 15) is 4.79 Å². The number of hydrogen-bond acceptors (Lipinski definition) is 3. The molecule has 2 aliphatic carbocycles. The second-order valence-corrected chi connectivity index (χ2v) is 8.67. The Morgan fingerprint density at radius 3 is 2.52 bits per heavy atom. The first-order valence-electron chi connectivity index (χ1n) is 11.0. The van der Waals surface area contributed by atoms with Gasteiger partial charge in [0.25, 0.3) is 5.91 Å². The number of hydrogen-bond donors (Lipinski definition) is 0. The lowest BCUT2D eigenvalue weighted by Gasteiger charge is -2.28. The molecule has 5 rings (SSSR count). The Morgan fingerprint density at radius 2 is 1.76 bits per heavy atom. The SMILES string of the molecule is COc1ccc(N2C(=O)c3ccccc3C2CC2CC2)cc1OC1CCCCC1. The second-order valence-electron chi connectivity index (χ2n) is 8.67. The summed E-state index contributed by atoms with van der Waals surface area (Å²) in [7, 11) is 1.68. The summed E-state index contributed by atoms with van der Waals surface area (Å²) >= 11 is 0. The van der Waals surface area contributed by atoms with Gasteiger partial charge in [-0.05, 0) is 61.8 Å². The molecule has 1 atom stereocenters. The van der Waals surface area contributed by atoms with Gasteiger partial charge < -0.3 is 14.4 Å². The highest BCUT2D eigenvalue weighted by Crippen LogP contribution is 2.47. The standard InChI is InChI=1S/C25H29NO3/c1-28-23-14-13-18(16-24(23)29-19-7-3-2-4-8-19)26-22(15-17-11-12-17)20-9-5-6-10-21(20)25(26)27/h5-6,9-10,13-14,16-17,19,22H,2-4,7-8,11-12,15H2,1H3. The minimum absolute atomic E-state index is 0.0973. The number of nitrogens with zero attached hydrogens (tertiary/aromatic N) is 1. The minimum atomic E-state index is 0.0973. The summed E-state index contributed by atoms with van der Waals surface area (Å²) in [5.74, 6) is 2.32. The molecule has 2 aromatic carbocycles. The summed E-state index contributed by atoms with van der Waals surface area (Å²) in [6.07, 6.45) is 9.73. The van der Waals surface area contributed by atoms with Crippen LogP contribution in [0.4, 0.5) is 5.69 Å². The van der Waals surface area contributed by atoms with E-state index in [0.717, 1.165) is 53.5 Å². The predicted octanol–water partition coefficient (Wildman–Crippen LogP) is 5.91. The van der Waals surface area contributed by atoms with Crippen molar-refractivity contribution in [3.05, 3.63) is 53.6 Å². The molecule has 2 fully saturated rings. The minimum Gasteiger partial charge on any atom is -0.493 e.